The monoisotopic (exact) mass is 1100 g/mol. The summed E-state index contributed by atoms with van der Waals surface area (Å²) in [5, 5.41) is 8.60. The fraction of sp³-hybridized carbons (Fsp3) is 0.217. The van der Waals surface area contributed by atoms with E-state index in [0.29, 0.717) is 11.3 Å². The quantitative estimate of drug-likeness (QED) is 0.0660. The second-order valence-corrected chi connectivity index (χ2v) is 16.1. The van der Waals surface area contributed by atoms with Crippen molar-refractivity contribution in [1.82, 2.24) is 4.98 Å². The Kier molecular flexibility index (Phi) is 16.0. The van der Waals surface area contributed by atoms with Gasteiger partial charge in [-0.15, -0.1) is 0 Å². The van der Waals surface area contributed by atoms with Crippen molar-refractivity contribution < 1.29 is 115 Å². The van der Waals surface area contributed by atoms with Gasteiger partial charge in [-0.25, -0.2) is 4.98 Å². The molecule has 6 rings (SSSR count). The first-order chi connectivity index (χ1) is 34.1. The van der Waals surface area contributed by atoms with E-state index in [9.17, 15) is 110 Å². The van der Waals surface area contributed by atoms with Gasteiger partial charge in [0.25, 0.3) is 0 Å². The molecule has 0 bridgehead atoms. The van der Waals surface area contributed by atoms with E-state index in [4.69, 9.17) is 5.26 Å². The zero-order valence-electron chi connectivity index (χ0n) is 36.4. The van der Waals surface area contributed by atoms with Crippen molar-refractivity contribution in [1.29, 1.82) is 5.26 Å². The first kappa shape index (κ1) is 58.6. The lowest BCUT2D eigenvalue weighted by atomic mass is 9.12. The number of hydrogen-bond acceptors (Lipinski definition) is 3. The molecule has 0 radical (unpaired) electrons. The summed E-state index contributed by atoms with van der Waals surface area (Å²) in [6.45, 7) is 0.255. The third kappa shape index (κ3) is 13.9. The zero-order valence-corrected chi connectivity index (χ0v) is 36.4. The van der Waals surface area contributed by atoms with Crippen LogP contribution in [-0.4, -0.2) is 16.9 Å². The van der Waals surface area contributed by atoms with Gasteiger partial charge in [-0.3, -0.25) is 4.79 Å². The molecule has 0 saturated heterocycles. The van der Waals surface area contributed by atoms with Gasteiger partial charge in [0.15, 0.2) is 12.4 Å². The highest BCUT2D eigenvalue weighted by molar-refractivity contribution is 7.20. The lowest BCUT2D eigenvalue weighted by molar-refractivity contribution is -0.684. The van der Waals surface area contributed by atoms with Crippen molar-refractivity contribution in [3.8, 4) is 6.07 Å². The molecule has 0 aliphatic carbocycles. The predicted molar refractivity (Wildman–Crippen MR) is 215 cm³/mol. The highest BCUT2D eigenvalue weighted by Crippen LogP contribution is 2.41. The minimum absolute atomic E-state index is 0.0368. The lowest BCUT2D eigenvalue weighted by Gasteiger charge is -2.46. The van der Waals surface area contributed by atoms with Crippen LogP contribution in [0.25, 0.3) is 0 Å². The number of nitriles is 1. The molecule has 0 aliphatic heterocycles. The number of alkyl halides is 24. The molecule has 0 spiro atoms. The van der Waals surface area contributed by atoms with Crippen LogP contribution in [0.3, 0.4) is 0 Å². The molecule has 0 N–H and O–H groups in total. The number of carbonyl (C=O) groups is 1. The third-order valence-corrected chi connectivity index (χ3v) is 10.9. The maximum Gasteiger partial charge on any atom is 0.416 e. The van der Waals surface area contributed by atoms with Crippen LogP contribution in [0.4, 0.5) is 105 Å². The first-order valence-corrected chi connectivity index (χ1v) is 20.2. The molecule has 75 heavy (non-hydrogen) atoms. The van der Waals surface area contributed by atoms with E-state index in [2.05, 4.69) is 4.98 Å². The van der Waals surface area contributed by atoms with E-state index in [1.54, 1.807) is 35.3 Å². The van der Waals surface area contributed by atoms with Crippen LogP contribution in [0.15, 0.2) is 122 Å². The summed E-state index contributed by atoms with van der Waals surface area (Å²) in [5.41, 5.74) is -28.9. The predicted octanol–water partition coefficient (Wildman–Crippen LogP) is 12.5. The van der Waals surface area contributed by atoms with E-state index in [1.165, 1.54) is 0 Å². The normalized spacial score (nSPS) is 13.2. The van der Waals surface area contributed by atoms with Crippen LogP contribution < -0.4 is 26.4 Å². The summed E-state index contributed by atoms with van der Waals surface area (Å²) in [6, 6.07) is 2.36. The first-order valence-electron chi connectivity index (χ1n) is 20.2. The fourth-order valence-electron chi connectivity index (χ4n) is 7.70. The minimum atomic E-state index is -6.13. The van der Waals surface area contributed by atoms with E-state index in [-0.39, 0.29) is 18.7 Å². The molecule has 400 valence electrons. The van der Waals surface area contributed by atoms with Gasteiger partial charge < -0.3 is 0 Å². The van der Waals surface area contributed by atoms with Gasteiger partial charge in [-0.2, -0.15) is 137 Å². The lowest BCUT2D eigenvalue weighted by Crippen LogP contribution is -2.75. The zero-order chi connectivity index (χ0) is 56.7. The smallest absolute Gasteiger partial charge is 0.287 e. The summed E-state index contributed by atoms with van der Waals surface area (Å²) < 4.78 is 343. The second kappa shape index (κ2) is 20.4. The Hall–Kier alpha value is -7.28. The van der Waals surface area contributed by atoms with E-state index >= 15 is 0 Å². The van der Waals surface area contributed by atoms with E-state index < -0.39 is 195 Å². The van der Waals surface area contributed by atoms with Crippen molar-refractivity contribution >= 4 is 33.8 Å². The number of ketones is 1. The van der Waals surface area contributed by atoms with Gasteiger partial charge in [-0.05, 0) is 24.3 Å². The van der Waals surface area contributed by atoms with Crippen LogP contribution >= 0.6 is 0 Å². The molecule has 5 aromatic carbocycles. The van der Waals surface area contributed by atoms with E-state index in [1.807, 2.05) is 24.3 Å². The van der Waals surface area contributed by atoms with Gasteiger partial charge in [0.2, 0.25) is 12.3 Å². The number of nitrogens with zero attached hydrogens (tertiary/aromatic N) is 3. The van der Waals surface area contributed by atoms with Crippen LogP contribution in [0.5, 0.6) is 0 Å². The molecular weight excluding hydrogens is 1080 g/mol. The minimum Gasteiger partial charge on any atom is -0.287 e. The highest BCUT2D eigenvalue weighted by atomic mass is 19.4. The molecule has 29 heteroatoms. The summed E-state index contributed by atoms with van der Waals surface area (Å²) in [4.78, 5) is 16.0. The number of Topliss-reactive ketones (excluding diaryl/α,β-unsaturated/α-hetero) is 1. The maximum absolute atomic E-state index is 14.2. The van der Waals surface area contributed by atoms with Crippen molar-refractivity contribution in [3.05, 3.63) is 177 Å². The molecule has 0 unspecified atom stereocenters. The number of halogens is 24. The highest BCUT2D eigenvalue weighted by Gasteiger charge is 2.47. The fourth-order valence-corrected chi connectivity index (χ4v) is 7.70. The van der Waals surface area contributed by atoms with Crippen LogP contribution in [0, 0.1) is 11.3 Å². The molecule has 0 amide bonds. The Balaban J connectivity index is 0.000000483. The molecule has 0 atom stereocenters. The van der Waals surface area contributed by atoms with Gasteiger partial charge in [0, 0.05) is 5.56 Å². The van der Waals surface area contributed by atoms with Crippen molar-refractivity contribution in [2.45, 2.75) is 62.4 Å². The van der Waals surface area contributed by atoms with Crippen molar-refractivity contribution in [3.63, 3.8) is 0 Å². The number of rotatable bonds is 8. The largest absolute Gasteiger partial charge is 0.416 e. The molecule has 6 aromatic rings. The Morgan fingerprint density at radius 2 is 0.707 bits per heavy atom. The van der Waals surface area contributed by atoms with Crippen LogP contribution in [0.1, 0.15) is 60.6 Å². The molecule has 1 heterocycles. The Morgan fingerprint density at radius 3 is 0.947 bits per heavy atom. The summed E-state index contributed by atoms with van der Waals surface area (Å²) >= 11 is 0. The molecule has 4 nitrogen and oxygen atoms in total. The summed E-state index contributed by atoms with van der Waals surface area (Å²) in [7, 11) is 0. The second-order valence-electron chi connectivity index (χ2n) is 16.1. The number of hydrogen-bond donors (Lipinski definition) is 0. The molecule has 0 saturated carbocycles. The average molecular weight is 1100 g/mol. The topological polar surface area (TPSA) is 57.6 Å². The molecule has 0 fully saturated rings. The van der Waals surface area contributed by atoms with Gasteiger partial charge in [-0.1, -0.05) is 78.9 Å². The van der Waals surface area contributed by atoms with Gasteiger partial charge >= 0.3 is 49.4 Å². The van der Waals surface area contributed by atoms with Crippen molar-refractivity contribution in [2.75, 3.05) is 0 Å². The standard InChI is InChI=1S/C32H12BF24.C14H12N3O/c34-25(35,36)13-1-14(26(37,38)39)6-21(5-13)33(22-7-15(27(40,41)42)2-16(8-22)28(43,44)45,23-9-17(29(46,47)48)3-18(10-23)30(49,50)51)24-11-19(31(52,53)54)4-20(12-24)32(55,56)57;15-7-6-13-10-17(9-8-16-13)11-14(18)12-4-2-1-3-5-12/h1-12H;1-5,8-10H,6,11H2/q-1;+1. The summed E-state index contributed by atoms with van der Waals surface area (Å²) in [5.74, 6) is 0.0368. The molecular formula is C46H24BF24N3O. The third-order valence-electron chi connectivity index (χ3n) is 10.9. The Morgan fingerprint density at radius 1 is 0.440 bits per heavy atom. The molecule has 0 aliphatic rings. The van der Waals surface area contributed by atoms with Gasteiger partial charge in [0.1, 0.15) is 11.8 Å². The number of benzene rings is 5. The van der Waals surface area contributed by atoms with Crippen LogP contribution in [0.2, 0.25) is 0 Å². The maximum atomic E-state index is 14.2. The van der Waals surface area contributed by atoms with E-state index in [0.717, 1.165) is 0 Å². The number of aromatic nitrogens is 2. The summed E-state index contributed by atoms with van der Waals surface area (Å²) in [6.07, 6.45) is -49.5. The SMILES string of the molecule is FC(F)(F)c1cc([B-](c2cc(C(F)(F)F)cc(C(F)(F)F)c2)(c2cc(C(F)(F)F)cc(C(F)(F)F)c2)c2cc(C(F)(F)F)cc(C(F)(F)F)c2)cc(C(F)(F)F)c1.N#CCc1c[n+](CC(=O)c2ccccc2)ccn1. The van der Waals surface area contributed by atoms with Crippen LogP contribution in [-0.2, 0) is 62.4 Å². The molecule has 1 aromatic heterocycles. The number of carbonyl (C=O) groups excluding carboxylic acids is 1. The Bertz CT molecular complexity index is 2650. The average Bonchev–Trinajstić information content (AvgIpc) is 3.27. The van der Waals surface area contributed by atoms with Gasteiger partial charge in [0.05, 0.1) is 63.2 Å². The van der Waals surface area contributed by atoms with Crippen molar-refractivity contribution in [2.24, 2.45) is 0 Å². The Labute approximate surface area is 404 Å².